The van der Waals surface area contributed by atoms with E-state index in [4.69, 9.17) is 10.4 Å². The second kappa shape index (κ2) is 4.80. The summed E-state index contributed by atoms with van der Waals surface area (Å²) >= 11 is 0. The molecule has 0 aliphatic carbocycles. The van der Waals surface area contributed by atoms with Crippen molar-refractivity contribution in [3.63, 3.8) is 0 Å². The first-order chi connectivity index (χ1) is 5.86. The standard InChI is InChI=1S/C8H13BN2O/c1-12-9-11-8-4-2-7(6-10)3-5-8/h2-5,9,11H,6,10H2,1H3. The SMILES string of the molecule is COBNc1ccc(CN)cc1. The van der Waals surface area contributed by atoms with Crippen LogP contribution in [0.4, 0.5) is 5.69 Å². The Labute approximate surface area is 73.2 Å². The Hall–Kier alpha value is -0.995. The van der Waals surface area contributed by atoms with E-state index in [9.17, 15) is 0 Å². The van der Waals surface area contributed by atoms with E-state index in [-0.39, 0.29) is 0 Å². The first-order valence-electron chi connectivity index (χ1n) is 3.88. The fourth-order valence-electron chi connectivity index (χ4n) is 0.914. The number of nitrogens with one attached hydrogen (secondary N) is 1. The van der Waals surface area contributed by atoms with Gasteiger partial charge >= 0.3 is 7.62 Å². The molecule has 0 spiro atoms. The van der Waals surface area contributed by atoms with E-state index in [1.54, 1.807) is 7.11 Å². The molecule has 12 heavy (non-hydrogen) atoms. The van der Waals surface area contributed by atoms with Gasteiger partial charge < -0.3 is 15.6 Å². The van der Waals surface area contributed by atoms with E-state index < -0.39 is 0 Å². The minimum atomic E-state index is 0.530. The van der Waals surface area contributed by atoms with Gasteiger partial charge in [0.15, 0.2) is 0 Å². The largest absolute Gasteiger partial charge is 0.422 e. The van der Waals surface area contributed by atoms with Gasteiger partial charge in [-0.1, -0.05) is 12.1 Å². The minimum absolute atomic E-state index is 0.530. The topological polar surface area (TPSA) is 47.3 Å². The highest BCUT2D eigenvalue weighted by Crippen LogP contribution is 2.07. The highest BCUT2D eigenvalue weighted by Gasteiger charge is 1.92. The molecule has 0 aromatic heterocycles. The molecule has 4 heteroatoms. The quantitative estimate of drug-likeness (QED) is 0.636. The van der Waals surface area contributed by atoms with Crippen molar-refractivity contribution in [1.82, 2.24) is 0 Å². The van der Waals surface area contributed by atoms with Crippen LogP contribution >= 0.6 is 0 Å². The van der Waals surface area contributed by atoms with Crippen molar-refractivity contribution in [1.29, 1.82) is 0 Å². The molecule has 0 atom stereocenters. The van der Waals surface area contributed by atoms with Gasteiger partial charge in [0.2, 0.25) is 0 Å². The average molecular weight is 164 g/mol. The van der Waals surface area contributed by atoms with Gasteiger partial charge in [-0.3, -0.25) is 0 Å². The van der Waals surface area contributed by atoms with E-state index in [1.165, 1.54) is 0 Å². The molecular weight excluding hydrogens is 151 g/mol. The van der Waals surface area contributed by atoms with Crippen LogP contribution in [0.2, 0.25) is 0 Å². The smallest absolute Gasteiger partial charge is 0.393 e. The highest BCUT2D eigenvalue weighted by molar-refractivity contribution is 6.32. The summed E-state index contributed by atoms with van der Waals surface area (Å²) in [5, 5.41) is 3.08. The van der Waals surface area contributed by atoms with Crippen molar-refractivity contribution < 1.29 is 4.65 Å². The molecule has 0 aliphatic heterocycles. The lowest BCUT2D eigenvalue weighted by Crippen LogP contribution is -2.08. The van der Waals surface area contributed by atoms with Crippen LogP contribution in [0.5, 0.6) is 0 Å². The Morgan fingerprint density at radius 3 is 2.58 bits per heavy atom. The van der Waals surface area contributed by atoms with Crippen LogP contribution in [0.3, 0.4) is 0 Å². The fraction of sp³-hybridized carbons (Fsp3) is 0.250. The summed E-state index contributed by atoms with van der Waals surface area (Å²) in [6.45, 7) is 0.588. The van der Waals surface area contributed by atoms with Crippen LogP contribution in [-0.4, -0.2) is 14.7 Å². The molecule has 0 aliphatic rings. The van der Waals surface area contributed by atoms with Crippen LogP contribution in [0, 0.1) is 0 Å². The zero-order chi connectivity index (χ0) is 8.81. The normalized spacial score (nSPS) is 9.50. The zero-order valence-corrected chi connectivity index (χ0v) is 7.21. The third kappa shape index (κ3) is 2.56. The van der Waals surface area contributed by atoms with E-state index in [0.717, 1.165) is 11.3 Å². The summed E-state index contributed by atoms with van der Waals surface area (Å²) in [6, 6.07) is 7.97. The molecule has 0 bridgehead atoms. The summed E-state index contributed by atoms with van der Waals surface area (Å²) in [4.78, 5) is 0. The maximum atomic E-state index is 5.45. The summed E-state index contributed by atoms with van der Waals surface area (Å²) in [7, 11) is 2.18. The van der Waals surface area contributed by atoms with Crippen molar-refractivity contribution in [2.75, 3.05) is 12.3 Å². The van der Waals surface area contributed by atoms with Gasteiger partial charge in [0.05, 0.1) is 0 Å². The van der Waals surface area contributed by atoms with E-state index in [2.05, 4.69) is 5.23 Å². The highest BCUT2D eigenvalue weighted by atomic mass is 16.4. The second-order valence-electron chi connectivity index (χ2n) is 2.51. The van der Waals surface area contributed by atoms with E-state index in [0.29, 0.717) is 14.2 Å². The molecule has 0 radical (unpaired) electrons. The molecule has 0 unspecified atom stereocenters. The van der Waals surface area contributed by atoms with Crippen LogP contribution in [-0.2, 0) is 11.2 Å². The third-order valence-electron chi connectivity index (χ3n) is 1.61. The van der Waals surface area contributed by atoms with Crippen LogP contribution < -0.4 is 11.0 Å². The number of nitrogens with two attached hydrogens (primary N) is 1. The molecule has 0 heterocycles. The Bertz CT molecular complexity index is 225. The fourth-order valence-corrected chi connectivity index (χ4v) is 0.914. The molecule has 1 rings (SSSR count). The average Bonchev–Trinajstić information content (AvgIpc) is 2.15. The predicted octanol–water partition coefficient (Wildman–Crippen LogP) is 0.470. The lowest BCUT2D eigenvalue weighted by Gasteiger charge is -2.03. The number of anilines is 1. The Balaban J connectivity index is 2.53. The Kier molecular flexibility index (Phi) is 3.64. The Morgan fingerprint density at radius 1 is 1.42 bits per heavy atom. The minimum Gasteiger partial charge on any atom is -0.422 e. The van der Waals surface area contributed by atoms with Gasteiger partial charge in [0.25, 0.3) is 0 Å². The van der Waals surface area contributed by atoms with Gasteiger partial charge in [0.1, 0.15) is 0 Å². The maximum absolute atomic E-state index is 5.45. The molecule has 3 nitrogen and oxygen atoms in total. The Morgan fingerprint density at radius 2 is 2.08 bits per heavy atom. The van der Waals surface area contributed by atoms with Crippen LogP contribution in [0.25, 0.3) is 0 Å². The number of benzene rings is 1. The summed E-state index contributed by atoms with van der Waals surface area (Å²) in [5.74, 6) is 0. The monoisotopic (exact) mass is 164 g/mol. The van der Waals surface area contributed by atoms with Crippen molar-refractivity contribution in [3.8, 4) is 0 Å². The molecular formula is C8H13BN2O. The second-order valence-corrected chi connectivity index (χ2v) is 2.51. The molecule has 64 valence electrons. The van der Waals surface area contributed by atoms with E-state index in [1.807, 2.05) is 24.3 Å². The first-order valence-corrected chi connectivity index (χ1v) is 3.88. The third-order valence-corrected chi connectivity index (χ3v) is 1.61. The van der Waals surface area contributed by atoms with Crippen molar-refractivity contribution in [2.45, 2.75) is 6.54 Å². The van der Waals surface area contributed by atoms with Crippen molar-refractivity contribution in [3.05, 3.63) is 29.8 Å². The lowest BCUT2D eigenvalue weighted by atomic mass is 10.1. The molecule has 1 aromatic carbocycles. The summed E-state index contributed by atoms with van der Waals surface area (Å²) in [5.41, 5.74) is 7.64. The summed E-state index contributed by atoms with van der Waals surface area (Å²) < 4.78 is 4.87. The maximum Gasteiger partial charge on any atom is 0.393 e. The van der Waals surface area contributed by atoms with Gasteiger partial charge in [-0.15, -0.1) is 0 Å². The summed E-state index contributed by atoms with van der Waals surface area (Å²) in [6.07, 6.45) is 0. The van der Waals surface area contributed by atoms with Crippen molar-refractivity contribution in [2.24, 2.45) is 5.73 Å². The molecule has 0 fully saturated rings. The number of rotatable bonds is 4. The van der Waals surface area contributed by atoms with Crippen molar-refractivity contribution >= 4 is 13.3 Å². The van der Waals surface area contributed by atoms with Gasteiger partial charge in [-0.2, -0.15) is 0 Å². The molecule has 3 N–H and O–H groups in total. The number of hydrogen-bond acceptors (Lipinski definition) is 3. The first kappa shape index (κ1) is 9.10. The lowest BCUT2D eigenvalue weighted by molar-refractivity contribution is 0.446. The van der Waals surface area contributed by atoms with Gasteiger partial charge in [-0.05, 0) is 17.7 Å². The van der Waals surface area contributed by atoms with Gasteiger partial charge in [0, 0.05) is 19.3 Å². The van der Waals surface area contributed by atoms with Crippen LogP contribution in [0.15, 0.2) is 24.3 Å². The molecule has 1 aromatic rings. The molecule has 0 amide bonds. The predicted molar refractivity (Wildman–Crippen MR) is 52.1 cm³/mol. The molecule has 0 saturated heterocycles. The van der Waals surface area contributed by atoms with Crippen LogP contribution in [0.1, 0.15) is 5.56 Å². The zero-order valence-electron chi connectivity index (χ0n) is 7.21. The van der Waals surface area contributed by atoms with Gasteiger partial charge in [-0.25, -0.2) is 0 Å². The van der Waals surface area contributed by atoms with E-state index >= 15 is 0 Å². The number of hydrogen-bond donors (Lipinski definition) is 2. The molecule has 0 saturated carbocycles.